The van der Waals surface area contributed by atoms with Crippen LogP contribution in [0.15, 0.2) is 18.2 Å². The Labute approximate surface area is 109 Å². The number of anilines is 1. The number of nitrogen functional groups attached to an aromatic ring is 1. The number of nitrogens with zero attached hydrogens (tertiary/aromatic N) is 1. The number of carbonyl (C=O) groups excluding carboxylic acids is 1. The fourth-order valence-corrected chi connectivity index (χ4v) is 2.26. The molecule has 1 aromatic carbocycles. The van der Waals surface area contributed by atoms with E-state index in [1.54, 1.807) is 18.2 Å². The molecule has 2 aromatic rings. The van der Waals surface area contributed by atoms with Gasteiger partial charge >= 0.3 is 0 Å². The van der Waals surface area contributed by atoms with Gasteiger partial charge in [-0.15, -0.1) is 0 Å². The Bertz CT molecular complexity index is 586. The first-order valence-electron chi connectivity index (χ1n) is 5.49. The smallest absolute Gasteiger partial charge is 0.279 e. The van der Waals surface area contributed by atoms with Crippen LogP contribution in [0.4, 0.5) is 5.69 Å². The summed E-state index contributed by atoms with van der Waals surface area (Å²) in [5.41, 5.74) is 7.62. The lowest BCUT2D eigenvalue weighted by Crippen LogP contribution is -1.98. The minimum atomic E-state index is -0.0812. The number of rotatable bonds is 3. The fraction of sp³-hybridized carbons (Fsp3) is 0.231. The molecular formula is C13H14N2O2S. The summed E-state index contributed by atoms with van der Waals surface area (Å²) < 4.78 is 5.66. The molecule has 0 amide bonds. The summed E-state index contributed by atoms with van der Waals surface area (Å²) in [5.74, 6) is 0.410. The number of benzene rings is 1. The number of hydrogen-bond acceptors (Lipinski definition) is 5. The van der Waals surface area contributed by atoms with Gasteiger partial charge in [-0.05, 0) is 39.0 Å². The summed E-state index contributed by atoms with van der Waals surface area (Å²) in [7, 11) is 0. The van der Waals surface area contributed by atoms with Gasteiger partial charge in [0.15, 0.2) is 5.78 Å². The highest BCUT2D eigenvalue weighted by molar-refractivity contribution is 7.13. The number of hydrogen-bond donors (Lipinski definition) is 1. The van der Waals surface area contributed by atoms with Crippen molar-refractivity contribution in [1.29, 1.82) is 0 Å². The standard InChI is InChI=1S/C13H14N2O2S/c1-7-9(3)18-13(15-7)17-12-5-4-10(14)6-11(12)8(2)16/h4-6H,14H2,1-3H3. The summed E-state index contributed by atoms with van der Waals surface area (Å²) in [6.07, 6.45) is 0. The zero-order chi connectivity index (χ0) is 13.3. The molecule has 2 N–H and O–H groups in total. The van der Waals surface area contributed by atoms with Gasteiger partial charge in [-0.1, -0.05) is 11.3 Å². The lowest BCUT2D eigenvalue weighted by atomic mass is 10.1. The first-order chi connectivity index (χ1) is 8.47. The van der Waals surface area contributed by atoms with Crippen LogP contribution >= 0.6 is 11.3 Å². The van der Waals surface area contributed by atoms with Crippen molar-refractivity contribution in [2.75, 3.05) is 5.73 Å². The Morgan fingerprint density at radius 2 is 2.11 bits per heavy atom. The fourth-order valence-electron chi connectivity index (χ4n) is 1.49. The van der Waals surface area contributed by atoms with E-state index in [0.717, 1.165) is 10.6 Å². The number of thiazole rings is 1. The minimum Gasteiger partial charge on any atom is -0.430 e. The number of carbonyl (C=O) groups is 1. The van der Waals surface area contributed by atoms with E-state index < -0.39 is 0 Å². The van der Waals surface area contributed by atoms with Crippen LogP contribution in [-0.2, 0) is 0 Å². The normalized spacial score (nSPS) is 10.4. The largest absolute Gasteiger partial charge is 0.430 e. The highest BCUT2D eigenvalue weighted by Gasteiger charge is 2.12. The summed E-state index contributed by atoms with van der Waals surface area (Å²) in [4.78, 5) is 16.9. The van der Waals surface area contributed by atoms with Gasteiger partial charge in [0.2, 0.25) is 0 Å². The summed E-state index contributed by atoms with van der Waals surface area (Å²) in [5, 5.41) is 0.539. The lowest BCUT2D eigenvalue weighted by Gasteiger charge is -2.07. The van der Waals surface area contributed by atoms with Crippen LogP contribution in [0.25, 0.3) is 0 Å². The Hall–Kier alpha value is -1.88. The van der Waals surface area contributed by atoms with Crippen molar-refractivity contribution in [3.63, 3.8) is 0 Å². The van der Waals surface area contributed by atoms with Crippen LogP contribution in [0.5, 0.6) is 10.9 Å². The van der Waals surface area contributed by atoms with Gasteiger partial charge in [0.05, 0.1) is 11.3 Å². The van der Waals surface area contributed by atoms with Crippen LogP contribution in [0.2, 0.25) is 0 Å². The number of nitrogens with two attached hydrogens (primary N) is 1. The molecule has 5 heteroatoms. The SMILES string of the molecule is CC(=O)c1cc(N)ccc1Oc1nc(C)c(C)s1. The average Bonchev–Trinajstić information content (AvgIpc) is 2.60. The van der Waals surface area contributed by atoms with Crippen molar-refractivity contribution >= 4 is 22.8 Å². The number of aryl methyl sites for hydroxylation is 2. The second kappa shape index (κ2) is 4.78. The van der Waals surface area contributed by atoms with Gasteiger partial charge in [-0.2, -0.15) is 0 Å². The molecule has 0 aliphatic rings. The molecule has 0 aliphatic carbocycles. The molecule has 1 aromatic heterocycles. The quantitative estimate of drug-likeness (QED) is 0.680. The third-order valence-electron chi connectivity index (χ3n) is 2.59. The van der Waals surface area contributed by atoms with Gasteiger partial charge in [0.1, 0.15) is 5.75 Å². The molecule has 18 heavy (non-hydrogen) atoms. The van der Waals surface area contributed by atoms with Crippen LogP contribution < -0.4 is 10.5 Å². The van der Waals surface area contributed by atoms with Gasteiger partial charge in [-0.3, -0.25) is 4.79 Å². The maximum atomic E-state index is 11.5. The summed E-state index contributed by atoms with van der Waals surface area (Å²) in [6.45, 7) is 5.39. The zero-order valence-electron chi connectivity index (χ0n) is 10.5. The molecule has 0 saturated heterocycles. The predicted molar refractivity (Wildman–Crippen MR) is 72.5 cm³/mol. The predicted octanol–water partition coefficient (Wildman–Crippen LogP) is 3.34. The third kappa shape index (κ3) is 2.51. The molecular weight excluding hydrogens is 248 g/mol. The van der Waals surface area contributed by atoms with Gasteiger partial charge in [0.25, 0.3) is 5.19 Å². The highest BCUT2D eigenvalue weighted by atomic mass is 32.1. The second-order valence-electron chi connectivity index (χ2n) is 4.04. The van der Waals surface area contributed by atoms with Crippen LogP contribution in [0.1, 0.15) is 27.9 Å². The molecule has 0 atom stereocenters. The van der Waals surface area contributed by atoms with E-state index in [-0.39, 0.29) is 5.78 Å². The Kier molecular flexibility index (Phi) is 3.34. The Balaban J connectivity index is 2.36. The van der Waals surface area contributed by atoms with E-state index >= 15 is 0 Å². The molecule has 0 saturated carbocycles. The van der Waals surface area contributed by atoms with Crippen molar-refractivity contribution in [1.82, 2.24) is 4.98 Å². The molecule has 0 fully saturated rings. The first-order valence-corrected chi connectivity index (χ1v) is 6.31. The zero-order valence-corrected chi connectivity index (χ0v) is 11.3. The van der Waals surface area contributed by atoms with Gasteiger partial charge in [-0.25, -0.2) is 4.98 Å². The molecule has 2 rings (SSSR count). The average molecular weight is 262 g/mol. The number of aromatic nitrogens is 1. The third-order valence-corrected chi connectivity index (χ3v) is 3.54. The van der Waals surface area contributed by atoms with E-state index in [1.165, 1.54) is 18.3 Å². The molecule has 94 valence electrons. The molecule has 0 unspecified atom stereocenters. The molecule has 0 aliphatic heterocycles. The van der Waals surface area contributed by atoms with Crippen molar-refractivity contribution in [3.8, 4) is 10.9 Å². The van der Waals surface area contributed by atoms with E-state index in [4.69, 9.17) is 10.5 Å². The van der Waals surface area contributed by atoms with E-state index in [9.17, 15) is 4.79 Å². The van der Waals surface area contributed by atoms with E-state index in [2.05, 4.69) is 4.98 Å². The first kappa shape index (κ1) is 12.6. The van der Waals surface area contributed by atoms with Crippen LogP contribution in [0, 0.1) is 13.8 Å². The molecule has 4 nitrogen and oxygen atoms in total. The van der Waals surface area contributed by atoms with Crippen molar-refractivity contribution < 1.29 is 9.53 Å². The minimum absolute atomic E-state index is 0.0812. The Morgan fingerprint density at radius 1 is 1.39 bits per heavy atom. The van der Waals surface area contributed by atoms with Crippen LogP contribution in [-0.4, -0.2) is 10.8 Å². The highest BCUT2D eigenvalue weighted by Crippen LogP contribution is 2.31. The number of ether oxygens (including phenoxy) is 1. The van der Waals surface area contributed by atoms with Crippen molar-refractivity contribution in [2.24, 2.45) is 0 Å². The molecule has 0 radical (unpaired) electrons. The van der Waals surface area contributed by atoms with Crippen molar-refractivity contribution in [3.05, 3.63) is 34.3 Å². The second-order valence-corrected chi connectivity index (χ2v) is 5.20. The maximum Gasteiger partial charge on any atom is 0.279 e. The maximum absolute atomic E-state index is 11.5. The molecule has 1 heterocycles. The number of Topliss-reactive ketones (excluding diaryl/α,β-unsaturated/α-hetero) is 1. The molecule has 0 bridgehead atoms. The Morgan fingerprint density at radius 3 is 2.67 bits per heavy atom. The summed E-state index contributed by atoms with van der Waals surface area (Å²) >= 11 is 1.46. The van der Waals surface area contributed by atoms with E-state index in [0.29, 0.717) is 22.2 Å². The van der Waals surface area contributed by atoms with E-state index in [1.807, 2.05) is 13.8 Å². The van der Waals surface area contributed by atoms with Gasteiger partial charge in [0, 0.05) is 10.6 Å². The monoisotopic (exact) mass is 262 g/mol. The summed E-state index contributed by atoms with van der Waals surface area (Å²) in [6, 6.07) is 5.01. The van der Waals surface area contributed by atoms with Crippen molar-refractivity contribution in [2.45, 2.75) is 20.8 Å². The van der Waals surface area contributed by atoms with Gasteiger partial charge < -0.3 is 10.5 Å². The van der Waals surface area contributed by atoms with Crippen LogP contribution in [0.3, 0.4) is 0 Å². The lowest BCUT2D eigenvalue weighted by molar-refractivity contribution is 0.101. The number of ketones is 1. The molecule has 0 spiro atoms. The topological polar surface area (TPSA) is 65.2 Å².